The van der Waals surface area contributed by atoms with Crippen molar-refractivity contribution in [3.05, 3.63) is 0 Å². The van der Waals surface area contributed by atoms with Crippen molar-refractivity contribution >= 4 is 75.1 Å². The summed E-state index contributed by atoms with van der Waals surface area (Å²) in [6.07, 6.45) is 0. The molecule has 0 rings (SSSR count). The van der Waals surface area contributed by atoms with E-state index in [0.717, 1.165) is 0 Å². The molecule has 4 heavy (non-hydrogen) atoms. The molecule has 4 heteroatoms. The fourth-order valence-corrected chi connectivity index (χ4v) is 0. The Kier molecular flexibility index (Phi) is 95.9. The third-order valence-electron chi connectivity index (χ3n) is 0. The van der Waals surface area contributed by atoms with E-state index in [-0.39, 0.29) is 136 Å². The monoisotopic (exact) mass is 407 g/mol. The van der Waals surface area contributed by atoms with Gasteiger partial charge in [0.1, 0.15) is 0 Å². The van der Waals surface area contributed by atoms with Crippen molar-refractivity contribution in [2.75, 3.05) is 0 Å². The molecular formula is H5BaBiKO. The van der Waals surface area contributed by atoms with Crippen molar-refractivity contribution in [3.63, 3.8) is 0 Å². The molecule has 0 aliphatic rings. The van der Waals surface area contributed by atoms with Crippen LogP contribution in [0, 0.1) is 0 Å². The first-order valence-corrected chi connectivity index (χ1v) is 0. The number of hydrogen-bond donors (Lipinski definition) is 0. The molecule has 0 heterocycles. The molecule has 0 saturated heterocycles. The van der Waals surface area contributed by atoms with E-state index in [2.05, 4.69) is 0 Å². The predicted molar refractivity (Wildman–Crippen MR) is 18.5 cm³/mol. The Labute approximate surface area is 132 Å². The summed E-state index contributed by atoms with van der Waals surface area (Å²) >= 11 is 0. The average Bonchev–Trinajstić information content (AvgIpc) is 0. The van der Waals surface area contributed by atoms with E-state index in [1.54, 1.807) is 0 Å². The summed E-state index contributed by atoms with van der Waals surface area (Å²) in [6, 6.07) is 0. The smallest absolute Gasteiger partial charge is 1.00 e. The van der Waals surface area contributed by atoms with E-state index >= 15 is 0 Å². The van der Waals surface area contributed by atoms with Gasteiger partial charge < -0.3 is 9.76 Å². The Morgan fingerprint density at radius 3 is 1.25 bits per heavy atom. The molecule has 0 aliphatic carbocycles. The number of rotatable bonds is 0. The molecule has 0 unspecified atom stereocenters. The van der Waals surface area contributed by atoms with E-state index in [1.165, 1.54) is 0 Å². The van der Waals surface area contributed by atoms with Gasteiger partial charge in [-0.15, -0.1) is 0 Å². The van der Waals surface area contributed by atoms with Crippen LogP contribution in [-0.4, -0.2) is 80.6 Å². The van der Waals surface area contributed by atoms with E-state index < -0.39 is 0 Å². The van der Waals surface area contributed by atoms with Crippen LogP contribution in [0.25, 0.3) is 0 Å². The molecule has 19 valence electrons. The SMILES string of the molecule is O.[Ba+2].[Bi].[H-].[H-].[H-].[K+]. The zero-order chi connectivity index (χ0) is 0. The molecule has 0 amide bonds. The summed E-state index contributed by atoms with van der Waals surface area (Å²) in [5.74, 6) is 0. The molecule has 2 N–H and O–H groups in total. The molecule has 1 nitrogen and oxygen atoms in total. The van der Waals surface area contributed by atoms with Crippen LogP contribution in [0.1, 0.15) is 4.28 Å². The maximum atomic E-state index is 0. The van der Waals surface area contributed by atoms with Crippen molar-refractivity contribution in [3.8, 4) is 0 Å². The molecular weight excluding hydrogens is 401 g/mol. The van der Waals surface area contributed by atoms with Crippen molar-refractivity contribution in [2.24, 2.45) is 0 Å². The van der Waals surface area contributed by atoms with Gasteiger partial charge in [-0.25, -0.2) is 0 Å². The summed E-state index contributed by atoms with van der Waals surface area (Å²) < 4.78 is 0. The fourth-order valence-electron chi connectivity index (χ4n) is 0. The topological polar surface area (TPSA) is 31.5 Å². The molecule has 0 saturated carbocycles. The van der Waals surface area contributed by atoms with Crippen molar-refractivity contribution < 1.29 is 61.1 Å². The molecule has 0 spiro atoms. The van der Waals surface area contributed by atoms with Gasteiger partial charge in [0.2, 0.25) is 0 Å². The second-order valence-electron chi connectivity index (χ2n) is 0. The van der Waals surface area contributed by atoms with E-state index in [0.29, 0.717) is 0 Å². The van der Waals surface area contributed by atoms with Crippen molar-refractivity contribution in [1.29, 1.82) is 0 Å². The van der Waals surface area contributed by atoms with Gasteiger partial charge in [0.15, 0.2) is 0 Å². The summed E-state index contributed by atoms with van der Waals surface area (Å²) in [5.41, 5.74) is 0. The summed E-state index contributed by atoms with van der Waals surface area (Å²) in [5, 5.41) is 0. The second-order valence-corrected chi connectivity index (χ2v) is 0. The standard InChI is InChI=1S/Ba.Bi.K.H2O.3H/h;;;1H2;;;/q+2;;+1;;3*-1. The molecule has 0 aromatic carbocycles. The van der Waals surface area contributed by atoms with Gasteiger partial charge in [0, 0.05) is 26.2 Å². The van der Waals surface area contributed by atoms with Gasteiger partial charge in [-0.3, -0.25) is 0 Å². The Balaban J connectivity index is 0. The van der Waals surface area contributed by atoms with Gasteiger partial charge >= 0.3 is 100 Å². The molecule has 0 aromatic heterocycles. The second kappa shape index (κ2) is 15.7. The Morgan fingerprint density at radius 2 is 1.25 bits per heavy atom. The maximum absolute atomic E-state index is 0. The largest absolute Gasteiger partial charge is 2.00 e. The van der Waals surface area contributed by atoms with Gasteiger partial charge in [-0.1, -0.05) is 0 Å². The molecule has 0 atom stereocenters. The number of hydrogen-bond acceptors (Lipinski definition) is 0. The quantitative estimate of drug-likeness (QED) is 0.365. The molecule has 3 radical (unpaired) electrons. The zero-order valence-corrected chi connectivity index (χ0v) is 13.7. The Hall–Kier alpha value is 4.05. The molecule has 0 fully saturated rings. The van der Waals surface area contributed by atoms with Gasteiger partial charge in [-0.2, -0.15) is 0 Å². The van der Waals surface area contributed by atoms with Gasteiger partial charge in [0.25, 0.3) is 0 Å². The van der Waals surface area contributed by atoms with Gasteiger partial charge in [0.05, 0.1) is 0 Å². The normalized spacial score (nSPS) is 0. The Bertz CT molecular complexity index is 14.9. The summed E-state index contributed by atoms with van der Waals surface area (Å²) in [7, 11) is 0. The first-order valence-electron chi connectivity index (χ1n) is 0. The van der Waals surface area contributed by atoms with Crippen LogP contribution in [0.5, 0.6) is 0 Å². The van der Waals surface area contributed by atoms with E-state index in [1.807, 2.05) is 0 Å². The summed E-state index contributed by atoms with van der Waals surface area (Å²) in [4.78, 5) is 0. The van der Waals surface area contributed by atoms with E-state index in [9.17, 15) is 0 Å². The fraction of sp³-hybridized carbons (Fsp3) is 0. The average molecular weight is 406 g/mol. The zero-order valence-electron chi connectivity index (χ0n) is 5.65. The van der Waals surface area contributed by atoms with Crippen LogP contribution >= 0.6 is 0 Å². The minimum atomic E-state index is 0. The van der Waals surface area contributed by atoms with Crippen LogP contribution < -0.4 is 51.4 Å². The van der Waals surface area contributed by atoms with Crippen LogP contribution in [0.15, 0.2) is 0 Å². The van der Waals surface area contributed by atoms with E-state index in [4.69, 9.17) is 0 Å². The van der Waals surface area contributed by atoms with Crippen molar-refractivity contribution in [2.45, 2.75) is 0 Å². The molecule has 0 aromatic rings. The summed E-state index contributed by atoms with van der Waals surface area (Å²) in [6.45, 7) is 0. The minimum absolute atomic E-state index is 0. The van der Waals surface area contributed by atoms with Crippen LogP contribution in [0.3, 0.4) is 0 Å². The Morgan fingerprint density at radius 1 is 1.25 bits per heavy atom. The molecule has 0 aliphatic heterocycles. The minimum Gasteiger partial charge on any atom is -1.00 e. The van der Waals surface area contributed by atoms with Gasteiger partial charge in [-0.05, 0) is 0 Å². The van der Waals surface area contributed by atoms with Crippen LogP contribution in [-0.2, 0) is 0 Å². The third-order valence-corrected chi connectivity index (χ3v) is 0. The first kappa shape index (κ1) is 24.4. The predicted octanol–water partition coefficient (Wildman–Crippen LogP) is -4.24. The van der Waals surface area contributed by atoms with Crippen LogP contribution in [0.4, 0.5) is 0 Å². The molecule has 0 bridgehead atoms. The first-order chi connectivity index (χ1) is 0. The maximum Gasteiger partial charge on any atom is 2.00 e. The third kappa shape index (κ3) is 9.41. The van der Waals surface area contributed by atoms with Crippen molar-refractivity contribution in [1.82, 2.24) is 0 Å². The van der Waals surface area contributed by atoms with Crippen LogP contribution in [0.2, 0.25) is 0 Å².